The lowest BCUT2D eigenvalue weighted by Gasteiger charge is -2.15. The molecule has 0 saturated carbocycles. The van der Waals surface area contributed by atoms with Crippen LogP contribution in [-0.4, -0.2) is 33.8 Å². The number of Topliss-reactive ketones (excluding diaryl/α,β-unsaturated/α-hetero) is 1. The predicted molar refractivity (Wildman–Crippen MR) is 102 cm³/mol. The maximum Gasteiger partial charge on any atom is 0.274 e. The van der Waals surface area contributed by atoms with Gasteiger partial charge in [-0.05, 0) is 42.8 Å². The number of carbonyl (C=O) groups excluding carboxylic acids is 2. The van der Waals surface area contributed by atoms with Crippen molar-refractivity contribution in [1.29, 1.82) is 0 Å². The summed E-state index contributed by atoms with van der Waals surface area (Å²) in [5.41, 5.74) is 2.29. The van der Waals surface area contributed by atoms with Crippen LogP contribution in [0, 0.1) is 5.82 Å². The van der Waals surface area contributed by atoms with Gasteiger partial charge < -0.3 is 9.64 Å². The third-order valence-corrected chi connectivity index (χ3v) is 4.16. The van der Waals surface area contributed by atoms with Crippen LogP contribution in [0.15, 0.2) is 54.6 Å². The number of ketones is 1. The topological polar surface area (TPSA) is 75.3 Å². The van der Waals surface area contributed by atoms with Gasteiger partial charge in [0.25, 0.3) is 5.91 Å². The second-order valence-electron chi connectivity index (χ2n) is 6.44. The first-order valence-electron chi connectivity index (χ1n) is 8.70. The van der Waals surface area contributed by atoms with Crippen molar-refractivity contribution in [2.24, 2.45) is 0 Å². The third-order valence-electron chi connectivity index (χ3n) is 4.16. The van der Waals surface area contributed by atoms with E-state index in [0.717, 1.165) is 5.56 Å². The molecule has 1 N–H and O–H groups in total. The molecule has 0 unspecified atom stereocenters. The highest BCUT2D eigenvalue weighted by atomic mass is 19.1. The maximum absolute atomic E-state index is 13.0. The molecule has 1 heterocycles. The normalized spacial score (nSPS) is 10.5. The molecule has 0 aliphatic carbocycles. The average molecular weight is 381 g/mol. The number of aromatic amines is 1. The Labute approximate surface area is 161 Å². The number of rotatable bonds is 7. The Hall–Kier alpha value is -3.48. The van der Waals surface area contributed by atoms with E-state index in [4.69, 9.17) is 4.74 Å². The molecule has 1 aromatic heterocycles. The van der Waals surface area contributed by atoms with Crippen molar-refractivity contribution >= 4 is 11.7 Å². The number of hydrogen-bond acceptors (Lipinski definition) is 4. The van der Waals surface area contributed by atoms with E-state index in [-0.39, 0.29) is 29.8 Å². The first kappa shape index (κ1) is 19.3. The van der Waals surface area contributed by atoms with Crippen molar-refractivity contribution < 1.29 is 18.7 Å². The van der Waals surface area contributed by atoms with E-state index in [1.54, 1.807) is 49.5 Å². The van der Waals surface area contributed by atoms with Gasteiger partial charge in [0, 0.05) is 19.2 Å². The molecule has 0 radical (unpaired) electrons. The first-order chi connectivity index (χ1) is 13.4. The van der Waals surface area contributed by atoms with Crippen LogP contribution in [0.4, 0.5) is 4.39 Å². The monoisotopic (exact) mass is 381 g/mol. The van der Waals surface area contributed by atoms with Crippen LogP contribution in [-0.2, 0) is 13.2 Å². The molecule has 144 valence electrons. The number of benzene rings is 2. The second kappa shape index (κ2) is 8.47. The van der Waals surface area contributed by atoms with E-state index in [1.807, 2.05) is 0 Å². The summed E-state index contributed by atoms with van der Waals surface area (Å²) in [6.07, 6.45) is 0. The van der Waals surface area contributed by atoms with Crippen LogP contribution in [0.3, 0.4) is 0 Å². The van der Waals surface area contributed by atoms with Crippen molar-refractivity contribution in [2.45, 2.75) is 20.1 Å². The number of carbonyl (C=O) groups is 2. The minimum Gasteiger partial charge on any atom is -0.487 e. The fourth-order valence-corrected chi connectivity index (χ4v) is 2.64. The highest BCUT2D eigenvalue weighted by Crippen LogP contribution is 2.16. The van der Waals surface area contributed by atoms with Gasteiger partial charge in [-0.25, -0.2) is 4.39 Å². The minimum absolute atomic E-state index is 0.0379. The van der Waals surface area contributed by atoms with Gasteiger partial charge in [0.2, 0.25) is 0 Å². The van der Waals surface area contributed by atoms with E-state index in [1.165, 1.54) is 24.0 Å². The molecular formula is C21H20FN3O3. The summed E-state index contributed by atoms with van der Waals surface area (Å²) >= 11 is 0. The molecule has 0 aliphatic heterocycles. The van der Waals surface area contributed by atoms with Crippen LogP contribution >= 0.6 is 0 Å². The number of hydrogen-bond donors (Lipinski definition) is 1. The Kier molecular flexibility index (Phi) is 5.84. The van der Waals surface area contributed by atoms with Crippen LogP contribution in [0.1, 0.15) is 39.0 Å². The van der Waals surface area contributed by atoms with Gasteiger partial charge in [-0.1, -0.05) is 24.3 Å². The number of aromatic nitrogens is 2. The summed E-state index contributed by atoms with van der Waals surface area (Å²) < 4.78 is 18.6. The third kappa shape index (κ3) is 4.82. The van der Waals surface area contributed by atoms with Gasteiger partial charge in [-0.3, -0.25) is 14.7 Å². The fourth-order valence-electron chi connectivity index (χ4n) is 2.64. The molecule has 0 bridgehead atoms. The number of nitrogens with zero attached hydrogens (tertiary/aromatic N) is 2. The van der Waals surface area contributed by atoms with Crippen molar-refractivity contribution in [3.63, 3.8) is 0 Å². The Balaban J connectivity index is 1.59. The highest BCUT2D eigenvalue weighted by molar-refractivity contribution is 5.94. The molecule has 0 atom stereocenters. The quantitative estimate of drug-likeness (QED) is 0.635. The summed E-state index contributed by atoms with van der Waals surface area (Å²) in [6.45, 7) is 2.02. The Morgan fingerprint density at radius 2 is 1.89 bits per heavy atom. The number of H-pyrrole nitrogens is 1. The second-order valence-corrected chi connectivity index (χ2v) is 6.44. The van der Waals surface area contributed by atoms with E-state index in [9.17, 15) is 14.0 Å². The lowest BCUT2D eigenvalue weighted by Crippen LogP contribution is -2.26. The molecule has 0 fully saturated rings. The molecule has 0 aliphatic rings. The Morgan fingerprint density at radius 1 is 1.14 bits per heavy atom. The molecule has 1 amide bonds. The number of halogens is 1. The van der Waals surface area contributed by atoms with Crippen molar-refractivity contribution in [3.8, 4) is 5.75 Å². The largest absolute Gasteiger partial charge is 0.487 e. The van der Waals surface area contributed by atoms with Crippen molar-refractivity contribution in [1.82, 2.24) is 15.1 Å². The van der Waals surface area contributed by atoms with Gasteiger partial charge >= 0.3 is 0 Å². The van der Waals surface area contributed by atoms with Crippen LogP contribution in [0.5, 0.6) is 5.75 Å². The number of nitrogens with one attached hydrogen (secondary N) is 1. The maximum atomic E-state index is 13.0. The summed E-state index contributed by atoms with van der Waals surface area (Å²) in [7, 11) is 1.66. The van der Waals surface area contributed by atoms with Gasteiger partial charge in [0.15, 0.2) is 11.5 Å². The highest BCUT2D eigenvalue weighted by Gasteiger charge is 2.16. The number of ether oxygens (including phenoxy) is 1. The predicted octanol–water partition coefficient (Wildman–Crippen LogP) is 3.60. The van der Waals surface area contributed by atoms with E-state index in [0.29, 0.717) is 23.6 Å². The number of amides is 1. The van der Waals surface area contributed by atoms with E-state index >= 15 is 0 Å². The molecule has 6 nitrogen and oxygen atoms in total. The summed E-state index contributed by atoms with van der Waals surface area (Å²) in [5.74, 6) is -0.0541. The van der Waals surface area contributed by atoms with Crippen LogP contribution in [0.25, 0.3) is 0 Å². The summed E-state index contributed by atoms with van der Waals surface area (Å²) in [5, 5.41) is 6.82. The zero-order chi connectivity index (χ0) is 20.1. The SMILES string of the molecule is CC(=O)c1cccc(OCc2cc(C(=O)N(C)Cc3ccc(F)cc3)n[nH]2)c1. The minimum atomic E-state index is -0.316. The first-order valence-corrected chi connectivity index (χ1v) is 8.70. The average Bonchev–Trinajstić information content (AvgIpc) is 3.16. The Bertz CT molecular complexity index is 983. The van der Waals surface area contributed by atoms with Gasteiger partial charge in [-0.2, -0.15) is 5.10 Å². The summed E-state index contributed by atoms with van der Waals surface area (Å²) in [6, 6.07) is 14.5. The van der Waals surface area contributed by atoms with Gasteiger partial charge in [0.05, 0.1) is 5.69 Å². The molecule has 0 saturated heterocycles. The van der Waals surface area contributed by atoms with Crippen LogP contribution < -0.4 is 4.74 Å². The molecule has 0 spiro atoms. The molecule has 3 aromatic rings. The lowest BCUT2D eigenvalue weighted by atomic mass is 10.1. The zero-order valence-electron chi connectivity index (χ0n) is 15.6. The molecule has 2 aromatic carbocycles. The molecule has 3 rings (SSSR count). The molecular weight excluding hydrogens is 361 g/mol. The molecule has 28 heavy (non-hydrogen) atoms. The van der Waals surface area contributed by atoms with Gasteiger partial charge in [0.1, 0.15) is 18.2 Å². The smallest absolute Gasteiger partial charge is 0.274 e. The zero-order valence-corrected chi connectivity index (χ0v) is 15.6. The van der Waals surface area contributed by atoms with Crippen molar-refractivity contribution in [3.05, 3.63) is 82.9 Å². The van der Waals surface area contributed by atoms with E-state index < -0.39 is 0 Å². The van der Waals surface area contributed by atoms with E-state index in [2.05, 4.69) is 10.2 Å². The fraction of sp³-hybridized carbons (Fsp3) is 0.190. The standard InChI is InChI=1S/C21H20FN3O3/c1-14(26)16-4-3-5-19(10-16)28-13-18-11-20(24-23-18)21(27)25(2)12-15-6-8-17(22)9-7-15/h3-11H,12-13H2,1-2H3,(H,23,24). The van der Waals surface area contributed by atoms with Gasteiger partial charge in [-0.15, -0.1) is 0 Å². The Morgan fingerprint density at radius 3 is 2.61 bits per heavy atom. The van der Waals surface area contributed by atoms with Crippen molar-refractivity contribution in [2.75, 3.05) is 7.05 Å². The molecule has 7 heteroatoms. The lowest BCUT2D eigenvalue weighted by molar-refractivity contribution is 0.0779. The summed E-state index contributed by atoms with van der Waals surface area (Å²) in [4.78, 5) is 25.4. The van der Waals surface area contributed by atoms with Crippen LogP contribution in [0.2, 0.25) is 0 Å².